The van der Waals surface area contributed by atoms with Gasteiger partial charge in [-0.25, -0.2) is 9.97 Å². The van der Waals surface area contributed by atoms with Crippen LogP contribution < -0.4 is 4.90 Å². The smallest absolute Gasteiger partial charge is 0.219 e. The number of rotatable bonds is 3. The molecule has 1 aromatic heterocycles. The van der Waals surface area contributed by atoms with Gasteiger partial charge in [0.05, 0.1) is 0 Å². The summed E-state index contributed by atoms with van der Waals surface area (Å²) in [7, 11) is 0. The van der Waals surface area contributed by atoms with Crippen LogP contribution in [0.1, 0.15) is 26.5 Å². The lowest BCUT2D eigenvalue weighted by Gasteiger charge is -2.34. The molecule has 1 saturated heterocycles. The molecular weight excluding hydrogens is 240 g/mol. The Kier molecular flexibility index (Phi) is 4.35. The van der Waals surface area contributed by atoms with Crippen molar-refractivity contribution in [2.24, 2.45) is 5.92 Å². The van der Waals surface area contributed by atoms with Gasteiger partial charge in [-0.05, 0) is 12.3 Å². The number of nitrogens with zero attached hydrogens (tertiary/aromatic N) is 4. The highest BCUT2D eigenvalue weighted by Crippen LogP contribution is 2.15. The fourth-order valence-electron chi connectivity index (χ4n) is 2.34. The molecule has 1 amide bonds. The molecular formula is C14H22N4O. The maximum Gasteiger partial charge on any atom is 0.219 e. The van der Waals surface area contributed by atoms with E-state index < -0.39 is 0 Å². The lowest BCUT2D eigenvalue weighted by Crippen LogP contribution is -2.48. The van der Waals surface area contributed by atoms with Crippen LogP contribution in [0.5, 0.6) is 0 Å². The van der Waals surface area contributed by atoms with Crippen LogP contribution in [0.4, 0.5) is 5.82 Å². The Labute approximate surface area is 114 Å². The summed E-state index contributed by atoms with van der Waals surface area (Å²) in [6.07, 6.45) is 2.62. The lowest BCUT2D eigenvalue weighted by atomic mass is 10.1. The fraction of sp³-hybridized carbons (Fsp3) is 0.643. The van der Waals surface area contributed by atoms with E-state index in [-0.39, 0.29) is 5.91 Å². The van der Waals surface area contributed by atoms with Gasteiger partial charge in [0.1, 0.15) is 12.1 Å². The van der Waals surface area contributed by atoms with E-state index >= 15 is 0 Å². The summed E-state index contributed by atoms with van der Waals surface area (Å²) in [5, 5.41) is 0. The number of anilines is 1. The van der Waals surface area contributed by atoms with Crippen molar-refractivity contribution in [1.82, 2.24) is 14.9 Å². The molecule has 104 valence electrons. The van der Waals surface area contributed by atoms with Crippen molar-refractivity contribution in [3.63, 3.8) is 0 Å². The summed E-state index contributed by atoms with van der Waals surface area (Å²) in [5.74, 6) is 1.73. The Morgan fingerprint density at radius 3 is 2.53 bits per heavy atom. The van der Waals surface area contributed by atoms with E-state index in [0.717, 1.165) is 44.1 Å². The minimum absolute atomic E-state index is 0.155. The second kappa shape index (κ2) is 5.99. The number of aromatic nitrogens is 2. The lowest BCUT2D eigenvalue weighted by molar-refractivity contribution is -0.129. The van der Waals surface area contributed by atoms with Crippen molar-refractivity contribution < 1.29 is 4.79 Å². The molecule has 1 aromatic rings. The van der Waals surface area contributed by atoms with Gasteiger partial charge < -0.3 is 9.80 Å². The van der Waals surface area contributed by atoms with Gasteiger partial charge in [0.15, 0.2) is 0 Å². The van der Waals surface area contributed by atoms with Crippen LogP contribution in [-0.4, -0.2) is 47.0 Å². The third-order valence-corrected chi connectivity index (χ3v) is 3.38. The minimum atomic E-state index is 0.155. The number of piperazine rings is 1. The molecule has 0 aromatic carbocycles. The van der Waals surface area contributed by atoms with E-state index in [2.05, 4.69) is 34.8 Å². The van der Waals surface area contributed by atoms with Gasteiger partial charge in [-0.2, -0.15) is 0 Å². The first-order chi connectivity index (χ1) is 9.06. The third-order valence-electron chi connectivity index (χ3n) is 3.38. The zero-order chi connectivity index (χ0) is 13.8. The summed E-state index contributed by atoms with van der Waals surface area (Å²) < 4.78 is 0. The molecule has 0 radical (unpaired) electrons. The first kappa shape index (κ1) is 13.8. The molecule has 0 N–H and O–H groups in total. The Bertz CT molecular complexity index is 439. The number of carbonyl (C=O) groups is 1. The van der Waals surface area contributed by atoms with Crippen LogP contribution in [0, 0.1) is 5.92 Å². The quantitative estimate of drug-likeness (QED) is 0.825. The van der Waals surface area contributed by atoms with Crippen LogP contribution >= 0.6 is 0 Å². The molecule has 1 fully saturated rings. The fourth-order valence-corrected chi connectivity index (χ4v) is 2.34. The standard InChI is InChI=1S/C14H22N4O/c1-11(2)8-13-9-14(16-10-15-13)18-6-4-17(5-7-18)12(3)19/h9-11H,4-8H2,1-3H3. The summed E-state index contributed by atoms with van der Waals surface area (Å²) >= 11 is 0. The Morgan fingerprint density at radius 2 is 1.95 bits per heavy atom. The van der Waals surface area contributed by atoms with Crippen LogP contribution in [0.15, 0.2) is 12.4 Å². The van der Waals surface area contributed by atoms with Gasteiger partial charge in [-0.3, -0.25) is 4.79 Å². The van der Waals surface area contributed by atoms with E-state index in [1.807, 2.05) is 4.90 Å². The van der Waals surface area contributed by atoms with Crippen molar-refractivity contribution in [1.29, 1.82) is 0 Å². The van der Waals surface area contributed by atoms with Crippen LogP contribution in [0.25, 0.3) is 0 Å². The molecule has 0 bridgehead atoms. The minimum Gasteiger partial charge on any atom is -0.353 e. The summed E-state index contributed by atoms with van der Waals surface area (Å²) in [6, 6.07) is 2.07. The molecule has 0 unspecified atom stereocenters. The summed E-state index contributed by atoms with van der Waals surface area (Å²) in [6.45, 7) is 9.25. The highest BCUT2D eigenvalue weighted by atomic mass is 16.2. The van der Waals surface area contributed by atoms with Crippen molar-refractivity contribution in [2.45, 2.75) is 27.2 Å². The van der Waals surface area contributed by atoms with Gasteiger partial charge >= 0.3 is 0 Å². The topological polar surface area (TPSA) is 49.3 Å². The normalized spacial score (nSPS) is 16.0. The molecule has 0 atom stereocenters. The first-order valence-electron chi connectivity index (χ1n) is 6.87. The Balaban J connectivity index is 2.01. The molecule has 5 heteroatoms. The Morgan fingerprint density at radius 1 is 1.26 bits per heavy atom. The summed E-state index contributed by atoms with van der Waals surface area (Å²) in [5.41, 5.74) is 1.09. The molecule has 2 rings (SSSR count). The molecule has 1 aliphatic rings. The SMILES string of the molecule is CC(=O)N1CCN(c2cc(CC(C)C)ncn2)CC1. The molecule has 19 heavy (non-hydrogen) atoms. The molecule has 0 aliphatic carbocycles. The average Bonchev–Trinajstić information content (AvgIpc) is 2.38. The number of amides is 1. The Hall–Kier alpha value is -1.65. The van der Waals surface area contributed by atoms with Gasteiger partial charge in [-0.1, -0.05) is 13.8 Å². The summed E-state index contributed by atoms with van der Waals surface area (Å²) in [4.78, 5) is 24.1. The van der Waals surface area contributed by atoms with E-state index in [1.165, 1.54) is 0 Å². The molecule has 0 saturated carbocycles. The zero-order valence-electron chi connectivity index (χ0n) is 12.0. The molecule has 5 nitrogen and oxygen atoms in total. The maximum atomic E-state index is 11.3. The predicted octanol–water partition coefficient (Wildman–Crippen LogP) is 1.34. The number of carbonyl (C=O) groups excluding carboxylic acids is 1. The monoisotopic (exact) mass is 262 g/mol. The van der Waals surface area contributed by atoms with Crippen molar-refractivity contribution in [3.05, 3.63) is 18.1 Å². The largest absolute Gasteiger partial charge is 0.353 e. The van der Waals surface area contributed by atoms with Crippen LogP contribution in [0.2, 0.25) is 0 Å². The molecule has 1 aliphatic heterocycles. The number of hydrogen-bond donors (Lipinski definition) is 0. The van der Waals surface area contributed by atoms with E-state index in [9.17, 15) is 4.79 Å². The van der Waals surface area contributed by atoms with Gasteiger partial charge in [-0.15, -0.1) is 0 Å². The van der Waals surface area contributed by atoms with Crippen LogP contribution in [-0.2, 0) is 11.2 Å². The molecule has 0 spiro atoms. The second-order valence-corrected chi connectivity index (χ2v) is 5.46. The van der Waals surface area contributed by atoms with E-state index in [1.54, 1.807) is 13.3 Å². The van der Waals surface area contributed by atoms with E-state index in [4.69, 9.17) is 0 Å². The van der Waals surface area contributed by atoms with Gasteiger partial charge in [0.25, 0.3) is 0 Å². The van der Waals surface area contributed by atoms with Crippen molar-refractivity contribution in [2.75, 3.05) is 31.1 Å². The zero-order valence-corrected chi connectivity index (χ0v) is 12.0. The van der Waals surface area contributed by atoms with E-state index in [0.29, 0.717) is 5.92 Å². The van der Waals surface area contributed by atoms with Crippen molar-refractivity contribution >= 4 is 11.7 Å². The first-order valence-corrected chi connectivity index (χ1v) is 6.87. The highest BCUT2D eigenvalue weighted by molar-refractivity contribution is 5.73. The average molecular weight is 262 g/mol. The predicted molar refractivity (Wildman–Crippen MR) is 75.0 cm³/mol. The second-order valence-electron chi connectivity index (χ2n) is 5.46. The third kappa shape index (κ3) is 3.66. The van der Waals surface area contributed by atoms with Crippen molar-refractivity contribution in [3.8, 4) is 0 Å². The molecule has 2 heterocycles. The number of hydrogen-bond acceptors (Lipinski definition) is 4. The van der Waals surface area contributed by atoms with Gasteiger partial charge in [0.2, 0.25) is 5.91 Å². The maximum absolute atomic E-state index is 11.3. The highest BCUT2D eigenvalue weighted by Gasteiger charge is 2.19. The van der Waals surface area contributed by atoms with Gasteiger partial charge in [0, 0.05) is 44.9 Å². The van der Waals surface area contributed by atoms with Crippen LogP contribution in [0.3, 0.4) is 0 Å².